The number of urea groups is 1. The summed E-state index contributed by atoms with van der Waals surface area (Å²) in [7, 11) is 1.62. The van der Waals surface area contributed by atoms with Gasteiger partial charge in [-0.25, -0.2) is 4.79 Å². The van der Waals surface area contributed by atoms with Gasteiger partial charge in [0, 0.05) is 33.3 Å². The Hall–Kier alpha value is -2.08. The summed E-state index contributed by atoms with van der Waals surface area (Å²) in [6, 6.07) is 5.39. The highest BCUT2D eigenvalue weighted by Crippen LogP contribution is 2.24. The third-order valence-corrected chi connectivity index (χ3v) is 4.56. The van der Waals surface area contributed by atoms with Gasteiger partial charge in [-0.15, -0.1) is 0 Å². The average molecular weight is 361 g/mol. The van der Waals surface area contributed by atoms with Gasteiger partial charge in [0.25, 0.3) is 5.91 Å². The minimum atomic E-state index is -0.197. The molecule has 0 bridgehead atoms. The lowest BCUT2D eigenvalue weighted by molar-refractivity contribution is 0.0793. The second kappa shape index (κ2) is 9.57. The second-order valence-corrected chi connectivity index (χ2v) is 7.26. The lowest BCUT2D eigenvalue weighted by Gasteiger charge is -2.26. The molecule has 0 spiro atoms. The molecule has 1 N–H and O–H groups in total. The van der Waals surface area contributed by atoms with Crippen LogP contribution in [0.1, 0.15) is 42.6 Å². The highest BCUT2D eigenvalue weighted by atomic mass is 16.5. The summed E-state index contributed by atoms with van der Waals surface area (Å²) >= 11 is 0. The van der Waals surface area contributed by atoms with E-state index in [1.165, 1.54) is 0 Å². The van der Waals surface area contributed by atoms with Crippen LogP contribution in [0, 0.1) is 12.8 Å². The molecule has 2 rings (SSSR count). The molecule has 0 aliphatic carbocycles. The van der Waals surface area contributed by atoms with Crippen molar-refractivity contribution in [1.82, 2.24) is 9.80 Å². The molecule has 0 radical (unpaired) electrons. The number of amides is 3. The van der Waals surface area contributed by atoms with E-state index in [0.29, 0.717) is 36.9 Å². The minimum absolute atomic E-state index is 0.00296. The molecular weight excluding hydrogens is 330 g/mol. The van der Waals surface area contributed by atoms with Crippen molar-refractivity contribution >= 4 is 17.6 Å². The number of anilines is 1. The fourth-order valence-electron chi connectivity index (χ4n) is 3.25. The number of ether oxygens (including phenoxy) is 1. The molecule has 0 atom stereocenters. The van der Waals surface area contributed by atoms with Gasteiger partial charge in [0.05, 0.1) is 17.9 Å². The number of carbonyl (C=O) groups excluding carboxylic acids is 2. The number of benzene rings is 1. The molecule has 1 aromatic carbocycles. The molecule has 6 nitrogen and oxygen atoms in total. The van der Waals surface area contributed by atoms with Crippen LogP contribution in [0.4, 0.5) is 10.5 Å². The predicted molar refractivity (Wildman–Crippen MR) is 104 cm³/mol. The van der Waals surface area contributed by atoms with Crippen molar-refractivity contribution in [3.63, 3.8) is 0 Å². The largest absolute Gasteiger partial charge is 0.383 e. The van der Waals surface area contributed by atoms with E-state index in [1.54, 1.807) is 18.1 Å². The Morgan fingerprint density at radius 3 is 2.58 bits per heavy atom. The summed E-state index contributed by atoms with van der Waals surface area (Å²) in [5.41, 5.74) is 2.06. The van der Waals surface area contributed by atoms with E-state index in [4.69, 9.17) is 4.74 Å². The van der Waals surface area contributed by atoms with Crippen LogP contribution < -0.4 is 5.32 Å². The summed E-state index contributed by atoms with van der Waals surface area (Å²) in [6.45, 7) is 9.26. The number of nitrogens with zero attached hydrogens (tertiary/aromatic N) is 2. The maximum Gasteiger partial charge on any atom is 0.321 e. The zero-order chi connectivity index (χ0) is 19.1. The minimum Gasteiger partial charge on any atom is -0.383 e. The van der Waals surface area contributed by atoms with Crippen LogP contribution in [-0.4, -0.2) is 61.6 Å². The molecule has 1 saturated heterocycles. The Kier molecular flexibility index (Phi) is 7.45. The summed E-state index contributed by atoms with van der Waals surface area (Å²) in [5.74, 6) is 0.351. The molecule has 1 aliphatic heterocycles. The summed E-state index contributed by atoms with van der Waals surface area (Å²) in [5, 5.41) is 2.95. The van der Waals surface area contributed by atoms with Crippen LogP contribution in [0.2, 0.25) is 0 Å². The molecule has 1 aromatic rings. The number of rotatable bonds is 7. The van der Waals surface area contributed by atoms with Crippen molar-refractivity contribution in [1.29, 1.82) is 0 Å². The van der Waals surface area contributed by atoms with E-state index < -0.39 is 0 Å². The standard InChI is InChI=1S/C20H31N3O3/c1-15(2)14-23(12-13-26-4)20(25)21-17-9-7-8-16(3)18(17)19(24)22-10-5-6-11-22/h7-9,15H,5-6,10-14H2,1-4H3,(H,21,25). The van der Waals surface area contributed by atoms with Crippen LogP contribution in [0.3, 0.4) is 0 Å². The molecule has 0 aromatic heterocycles. The second-order valence-electron chi connectivity index (χ2n) is 7.26. The van der Waals surface area contributed by atoms with E-state index in [2.05, 4.69) is 19.2 Å². The fourth-order valence-corrected chi connectivity index (χ4v) is 3.25. The average Bonchev–Trinajstić information content (AvgIpc) is 3.12. The number of hydrogen-bond donors (Lipinski definition) is 1. The van der Waals surface area contributed by atoms with Crippen molar-refractivity contribution in [2.24, 2.45) is 5.92 Å². The number of aryl methyl sites for hydroxylation is 1. The molecule has 6 heteroatoms. The van der Waals surface area contributed by atoms with Crippen molar-refractivity contribution < 1.29 is 14.3 Å². The third-order valence-electron chi connectivity index (χ3n) is 4.56. The molecule has 0 saturated carbocycles. The lowest BCUT2D eigenvalue weighted by Crippen LogP contribution is -2.40. The molecule has 1 fully saturated rings. The maximum atomic E-state index is 12.9. The molecule has 1 heterocycles. The number of methoxy groups -OCH3 is 1. The molecular formula is C20H31N3O3. The van der Waals surface area contributed by atoms with Gasteiger partial charge in [0.1, 0.15) is 0 Å². The SMILES string of the molecule is COCCN(CC(C)C)C(=O)Nc1cccc(C)c1C(=O)N1CCCC1. The Morgan fingerprint density at radius 1 is 1.27 bits per heavy atom. The normalized spacial score (nSPS) is 14.0. The van der Waals surface area contributed by atoms with Crippen LogP contribution in [0.15, 0.2) is 18.2 Å². The summed E-state index contributed by atoms with van der Waals surface area (Å²) in [6.07, 6.45) is 2.08. The topological polar surface area (TPSA) is 61.9 Å². The monoisotopic (exact) mass is 361 g/mol. The zero-order valence-corrected chi connectivity index (χ0v) is 16.4. The zero-order valence-electron chi connectivity index (χ0n) is 16.4. The van der Waals surface area contributed by atoms with Gasteiger partial charge in [-0.3, -0.25) is 4.79 Å². The summed E-state index contributed by atoms with van der Waals surface area (Å²) < 4.78 is 5.12. The lowest BCUT2D eigenvalue weighted by atomic mass is 10.1. The van der Waals surface area contributed by atoms with E-state index in [-0.39, 0.29) is 11.9 Å². The number of likely N-dealkylation sites (tertiary alicyclic amines) is 1. The number of nitrogens with one attached hydrogen (secondary N) is 1. The van der Waals surface area contributed by atoms with Crippen LogP contribution in [0.25, 0.3) is 0 Å². The highest BCUT2D eigenvalue weighted by Gasteiger charge is 2.25. The first-order valence-electron chi connectivity index (χ1n) is 9.37. The van der Waals surface area contributed by atoms with Crippen molar-refractivity contribution in [2.75, 3.05) is 45.2 Å². The highest BCUT2D eigenvalue weighted by molar-refractivity contribution is 6.04. The molecule has 0 unspecified atom stereocenters. The van der Waals surface area contributed by atoms with E-state index in [0.717, 1.165) is 31.5 Å². The smallest absolute Gasteiger partial charge is 0.321 e. The Balaban J connectivity index is 2.20. The predicted octanol–water partition coefficient (Wildman–Crippen LogP) is 3.37. The fraction of sp³-hybridized carbons (Fsp3) is 0.600. The first-order valence-corrected chi connectivity index (χ1v) is 9.37. The molecule has 3 amide bonds. The molecule has 1 aliphatic rings. The Labute approximate surface area is 156 Å². The van der Waals surface area contributed by atoms with E-state index >= 15 is 0 Å². The quantitative estimate of drug-likeness (QED) is 0.810. The van der Waals surface area contributed by atoms with Gasteiger partial charge in [0.15, 0.2) is 0 Å². The van der Waals surface area contributed by atoms with Gasteiger partial charge in [-0.2, -0.15) is 0 Å². The maximum absolute atomic E-state index is 12.9. The molecule has 26 heavy (non-hydrogen) atoms. The number of hydrogen-bond acceptors (Lipinski definition) is 3. The number of carbonyl (C=O) groups is 2. The van der Waals surface area contributed by atoms with Gasteiger partial charge in [0.2, 0.25) is 0 Å². The van der Waals surface area contributed by atoms with Crippen molar-refractivity contribution in [3.8, 4) is 0 Å². The first kappa shape index (κ1) is 20.2. The Bertz CT molecular complexity index is 625. The van der Waals surface area contributed by atoms with Crippen LogP contribution >= 0.6 is 0 Å². The van der Waals surface area contributed by atoms with Gasteiger partial charge in [-0.05, 0) is 37.3 Å². The Morgan fingerprint density at radius 2 is 1.96 bits per heavy atom. The van der Waals surface area contributed by atoms with Crippen molar-refractivity contribution in [2.45, 2.75) is 33.6 Å². The first-order chi connectivity index (χ1) is 12.4. The summed E-state index contributed by atoms with van der Waals surface area (Å²) in [4.78, 5) is 29.3. The van der Waals surface area contributed by atoms with Gasteiger partial charge < -0.3 is 19.9 Å². The van der Waals surface area contributed by atoms with Crippen LogP contribution in [0.5, 0.6) is 0 Å². The third kappa shape index (κ3) is 5.21. The van der Waals surface area contributed by atoms with E-state index in [9.17, 15) is 9.59 Å². The van der Waals surface area contributed by atoms with Crippen molar-refractivity contribution in [3.05, 3.63) is 29.3 Å². The van der Waals surface area contributed by atoms with Crippen LogP contribution in [-0.2, 0) is 4.74 Å². The van der Waals surface area contributed by atoms with Gasteiger partial charge in [-0.1, -0.05) is 26.0 Å². The van der Waals surface area contributed by atoms with Gasteiger partial charge >= 0.3 is 6.03 Å². The van der Waals surface area contributed by atoms with E-state index in [1.807, 2.05) is 24.0 Å². The molecule has 144 valence electrons.